The smallest absolute Gasteiger partial charge is 0.158 e. The van der Waals surface area contributed by atoms with E-state index in [1.807, 2.05) is 37.3 Å². The normalized spacial score (nSPS) is 10.1. The average molecular weight is 218 g/mol. The van der Waals surface area contributed by atoms with Crippen molar-refractivity contribution in [1.82, 2.24) is 0 Å². The molecule has 0 saturated heterocycles. The minimum atomic E-state index is 0.138. The monoisotopic (exact) mass is 218 g/mol. The summed E-state index contributed by atoms with van der Waals surface area (Å²) in [5.41, 5.74) is 2.13. The van der Waals surface area contributed by atoms with Crippen LogP contribution in [0.4, 0.5) is 0 Å². The number of benzene rings is 1. The van der Waals surface area contributed by atoms with E-state index in [2.05, 4.69) is 6.58 Å². The number of ether oxygens (including phenoxy) is 1. The summed E-state index contributed by atoms with van der Waals surface area (Å²) in [4.78, 5) is 11.4. The van der Waals surface area contributed by atoms with Crippen molar-refractivity contribution in [2.75, 3.05) is 6.61 Å². The summed E-state index contributed by atoms with van der Waals surface area (Å²) in [5, 5.41) is 0. The molecule has 0 aliphatic carbocycles. The maximum Gasteiger partial charge on any atom is 0.158 e. The van der Waals surface area contributed by atoms with Crippen molar-refractivity contribution >= 4 is 5.78 Å². The van der Waals surface area contributed by atoms with E-state index in [1.54, 1.807) is 0 Å². The van der Waals surface area contributed by atoms with Crippen molar-refractivity contribution in [2.45, 2.75) is 26.4 Å². The predicted molar refractivity (Wildman–Crippen MR) is 65.2 cm³/mol. The van der Waals surface area contributed by atoms with Gasteiger partial charge in [-0.3, -0.25) is 4.79 Å². The van der Waals surface area contributed by atoms with Crippen molar-refractivity contribution in [3.63, 3.8) is 0 Å². The molecule has 0 aromatic heterocycles. The number of hydrogen-bond donors (Lipinski definition) is 0. The Morgan fingerprint density at radius 1 is 1.25 bits per heavy atom. The molecule has 0 aliphatic heterocycles. The zero-order valence-electron chi connectivity index (χ0n) is 9.74. The van der Waals surface area contributed by atoms with Gasteiger partial charge in [-0.2, -0.15) is 0 Å². The maximum atomic E-state index is 11.4. The molecule has 2 heteroatoms. The van der Waals surface area contributed by atoms with Crippen molar-refractivity contribution in [2.24, 2.45) is 0 Å². The van der Waals surface area contributed by atoms with Crippen LogP contribution in [0.3, 0.4) is 0 Å². The number of hydrogen-bond acceptors (Lipinski definition) is 2. The van der Waals surface area contributed by atoms with E-state index in [1.165, 1.54) is 0 Å². The fraction of sp³-hybridized carbons (Fsp3) is 0.357. The van der Waals surface area contributed by atoms with Crippen molar-refractivity contribution in [3.8, 4) is 0 Å². The van der Waals surface area contributed by atoms with Gasteiger partial charge < -0.3 is 4.74 Å². The summed E-state index contributed by atoms with van der Waals surface area (Å²) >= 11 is 0. The third-order valence-corrected chi connectivity index (χ3v) is 2.21. The van der Waals surface area contributed by atoms with Gasteiger partial charge in [-0.05, 0) is 18.9 Å². The largest absolute Gasteiger partial charge is 0.369 e. The van der Waals surface area contributed by atoms with Crippen molar-refractivity contribution in [1.29, 1.82) is 0 Å². The first-order chi connectivity index (χ1) is 7.68. The molecule has 0 spiro atoms. The van der Waals surface area contributed by atoms with Gasteiger partial charge in [0.1, 0.15) is 6.61 Å². The molecular weight excluding hydrogens is 200 g/mol. The molecule has 0 fully saturated rings. The lowest BCUT2D eigenvalue weighted by Crippen LogP contribution is -2.08. The molecule has 1 rings (SSSR count). The van der Waals surface area contributed by atoms with Crippen LogP contribution in [-0.2, 0) is 16.1 Å². The van der Waals surface area contributed by atoms with Gasteiger partial charge in [0.25, 0.3) is 0 Å². The molecule has 86 valence electrons. The van der Waals surface area contributed by atoms with Gasteiger partial charge in [0.15, 0.2) is 5.78 Å². The molecule has 0 N–H and O–H groups in total. The van der Waals surface area contributed by atoms with Crippen LogP contribution in [0, 0.1) is 0 Å². The highest BCUT2D eigenvalue weighted by Gasteiger charge is 2.02. The van der Waals surface area contributed by atoms with Crippen LogP contribution in [-0.4, -0.2) is 12.4 Å². The lowest BCUT2D eigenvalue weighted by molar-refractivity contribution is -0.123. The third kappa shape index (κ3) is 5.47. The van der Waals surface area contributed by atoms with Gasteiger partial charge in [-0.15, -0.1) is 6.58 Å². The number of carbonyl (C=O) groups excluding carboxylic acids is 1. The van der Waals surface area contributed by atoms with Gasteiger partial charge >= 0.3 is 0 Å². The maximum absolute atomic E-state index is 11.4. The zero-order valence-corrected chi connectivity index (χ0v) is 9.74. The SMILES string of the molecule is C=C(C)CCC(=O)COCc1ccccc1. The fourth-order valence-electron chi connectivity index (χ4n) is 1.28. The number of allylic oxidation sites excluding steroid dienone is 1. The Balaban J connectivity index is 2.16. The van der Waals surface area contributed by atoms with Crippen LogP contribution in [0.1, 0.15) is 25.3 Å². The first kappa shape index (κ1) is 12.7. The highest BCUT2D eigenvalue weighted by atomic mass is 16.5. The Labute approximate surface area is 96.9 Å². The molecule has 0 radical (unpaired) electrons. The molecule has 16 heavy (non-hydrogen) atoms. The Kier molecular flexibility index (Phi) is 5.51. The first-order valence-electron chi connectivity index (χ1n) is 5.46. The quantitative estimate of drug-likeness (QED) is 0.657. The molecule has 0 unspecified atom stereocenters. The van der Waals surface area contributed by atoms with Crippen LogP contribution < -0.4 is 0 Å². The summed E-state index contributed by atoms with van der Waals surface area (Å²) in [6.45, 7) is 6.39. The summed E-state index contributed by atoms with van der Waals surface area (Å²) in [6, 6.07) is 9.85. The third-order valence-electron chi connectivity index (χ3n) is 2.21. The predicted octanol–water partition coefficient (Wildman–Crippen LogP) is 3.13. The lowest BCUT2D eigenvalue weighted by atomic mass is 10.1. The standard InChI is InChI=1S/C14H18O2/c1-12(2)8-9-14(15)11-16-10-13-6-4-3-5-7-13/h3-7H,1,8-11H2,2H3. The Morgan fingerprint density at radius 3 is 2.56 bits per heavy atom. The van der Waals surface area contributed by atoms with Crippen LogP contribution in [0.25, 0.3) is 0 Å². The zero-order chi connectivity index (χ0) is 11.8. The summed E-state index contributed by atoms with van der Waals surface area (Å²) < 4.78 is 5.33. The van der Waals surface area contributed by atoms with E-state index in [9.17, 15) is 4.79 Å². The number of ketones is 1. The summed E-state index contributed by atoms with van der Waals surface area (Å²) in [6.07, 6.45) is 1.29. The highest BCUT2D eigenvalue weighted by Crippen LogP contribution is 2.03. The Hall–Kier alpha value is -1.41. The molecule has 2 nitrogen and oxygen atoms in total. The fourth-order valence-corrected chi connectivity index (χ4v) is 1.28. The Bertz CT molecular complexity index is 341. The van der Waals surface area contributed by atoms with Crippen molar-refractivity contribution in [3.05, 3.63) is 48.0 Å². The molecule has 0 heterocycles. The molecule has 1 aromatic rings. The van der Waals surface area contributed by atoms with Gasteiger partial charge in [-0.25, -0.2) is 0 Å². The van der Waals surface area contributed by atoms with E-state index in [0.717, 1.165) is 17.6 Å². The topological polar surface area (TPSA) is 26.3 Å². The second-order valence-electron chi connectivity index (χ2n) is 3.97. The second kappa shape index (κ2) is 6.96. The van der Waals surface area contributed by atoms with Crippen molar-refractivity contribution < 1.29 is 9.53 Å². The molecule has 0 amide bonds. The van der Waals surface area contributed by atoms with E-state index < -0.39 is 0 Å². The minimum Gasteiger partial charge on any atom is -0.369 e. The number of rotatable bonds is 7. The van der Waals surface area contributed by atoms with Gasteiger partial charge in [-0.1, -0.05) is 35.9 Å². The van der Waals surface area contributed by atoms with Crippen LogP contribution in [0.5, 0.6) is 0 Å². The Morgan fingerprint density at radius 2 is 1.94 bits per heavy atom. The van der Waals surface area contributed by atoms with Crippen LogP contribution >= 0.6 is 0 Å². The van der Waals surface area contributed by atoms with E-state index in [0.29, 0.717) is 13.0 Å². The van der Waals surface area contributed by atoms with Crippen LogP contribution in [0.15, 0.2) is 42.5 Å². The van der Waals surface area contributed by atoms with E-state index >= 15 is 0 Å². The molecule has 0 atom stereocenters. The lowest BCUT2D eigenvalue weighted by Gasteiger charge is -2.03. The minimum absolute atomic E-state index is 0.138. The number of carbonyl (C=O) groups is 1. The van der Waals surface area contributed by atoms with Gasteiger partial charge in [0.2, 0.25) is 0 Å². The average Bonchev–Trinajstić information content (AvgIpc) is 2.28. The molecule has 0 saturated carbocycles. The second-order valence-corrected chi connectivity index (χ2v) is 3.97. The molecule has 0 aliphatic rings. The van der Waals surface area contributed by atoms with E-state index in [4.69, 9.17) is 4.74 Å². The highest BCUT2D eigenvalue weighted by molar-refractivity contribution is 5.79. The van der Waals surface area contributed by atoms with Crippen LogP contribution in [0.2, 0.25) is 0 Å². The molecule has 1 aromatic carbocycles. The van der Waals surface area contributed by atoms with E-state index in [-0.39, 0.29) is 12.4 Å². The molecule has 0 bridgehead atoms. The number of Topliss-reactive ketones (excluding diaryl/α,β-unsaturated/α-hetero) is 1. The van der Waals surface area contributed by atoms with Gasteiger partial charge in [0.05, 0.1) is 6.61 Å². The summed E-state index contributed by atoms with van der Waals surface area (Å²) in [5.74, 6) is 0.138. The van der Waals surface area contributed by atoms with Gasteiger partial charge in [0, 0.05) is 6.42 Å². The summed E-state index contributed by atoms with van der Waals surface area (Å²) in [7, 11) is 0. The first-order valence-corrected chi connectivity index (χ1v) is 5.46. The molecular formula is C14H18O2.